The lowest BCUT2D eigenvalue weighted by Gasteiger charge is -2.43. The van der Waals surface area contributed by atoms with E-state index in [2.05, 4.69) is 5.32 Å². The van der Waals surface area contributed by atoms with Crippen LogP contribution in [-0.4, -0.2) is 78.5 Å². The monoisotopic (exact) mass is 618 g/mol. The molecule has 0 unspecified atom stereocenters. The highest BCUT2D eigenvalue weighted by molar-refractivity contribution is 6.07. The van der Waals surface area contributed by atoms with Gasteiger partial charge in [-0.25, -0.2) is 9.80 Å². The van der Waals surface area contributed by atoms with Crippen molar-refractivity contribution in [3.05, 3.63) is 59.7 Å². The Morgan fingerprint density at radius 1 is 0.933 bits per heavy atom. The Morgan fingerprint density at radius 2 is 1.60 bits per heavy atom. The third-order valence-corrected chi connectivity index (χ3v) is 8.95. The molecular weight excluding hydrogens is 572 g/mol. The molecule has 2 aliphatic heterocycles. The maximum atomic E-state index is 13.9. The zero-order valence-corrected chi connectivity index (χ0v) is 27.1. The number of hydrogen-bond acceptors (Lipinski definition) is 7. The highest BCUT2D eigenvalue weighted by Gasteiger charge is 2.44. The lowest BCUT2D eigenvalue weighted by molar-refractivity contribution is -0.143. The molecule has 10 nitrogen and oxygen atoms in total. The van der Waals surface area contributed by atoms with Crippen molar-refractivity contribution < 1.29 is 28.6 Å². The molecule has 2 aromatic rings. The van der Waals surface area contributed by atoms with Crippen LogP contribution in [0.25, 0.3) is 0 Å². The molecule has 3 aliphatic rings. The van der Waals surface area contributed by atoms with Crippen molar-refractivity contribution in [1.82, 2.24) is 15.2 Å². The lowest BCUT2D eigenvalue weighted by atomic mass is 9.73. The minimum Gasteiger partial charge on any atom is -0.493 e. The summed E-state index contributed by atoms with van der Waals surface area (Å²) < 4.78 is 16.5. The molecule has 0 aromatic heterocycles. The molecule has 5 rings (SSSR count). The molecule has 2 heterocycles. The van der Waals surface area contributed by atoms with Crippen LogP contribution in [0.2, 0.25) is 0 Å². The smallest absolute Gasteiger partial charge is 0.408 e. The van der Waals surface area contributed by atoms with Crippen molar-refractivity contribution in [2.45, 2.75) is 83.4 Å². The summed E-state index contributed by atoms with van der Waals surface area (Å²) in [5.74, 6) is 1.17. The first-order chi connectivity index (χ1) is 21.6. The number of nitrogens with one attached hydrogen (secondary N) is 1. The van der Waals surface area contributed by atoms with E-state index in [4.69, 9.17) is 19.3 Å². The molecule has 1 N–H and O–H groups in total. The first-order valence-electron chi connectivity index (χ1n) is 16.0. The van der Waals surface area contributed by atoms with Gasteiger partial charge in [-0.3, -0.25) is 9.59 Å². The van der Waals surface area contributed by atoms with Crippen molar-refractivity contribution in [2.24, 2.45) is 16.9 Å². The Morgan fingerprint density at radius 3 is 2.24 bits per heavy atom. The number of hydrogen-bond donors (Lipinski definition) is 1. The minimum atomic E-state index is -0.770. The molecule has 2 aromatic carbocycles. The van der Waals surface area contributed by atoms with Gasteiger partial charge in [-0.2, -0.15) is 5.10 Å². The van der Waals surface area contributed by atoms with E-state index in [9.17, 15) is 14.4 Å². The Labute approximate surface area is 266 Å². The molecule has 242 valence electrons. The van der Waals surface area contributed by atoms with Crippen molar-refractivity contribution in [1.29, 1.82) is 0 Å². The summed E-state index contributed by atoms with van der Waals surface area (Å²) in [5, 5.41) is 9.56. The Bertz CT molecular complexity index is 1400. The molecule has 2 fully saturated rings. The average molecular weight is 619 g/mol. The summed E-state index contributed by atoms with van der Waals surface area (Å²) in [5.41, 5.74) is 2.12. The molecule has 10 heteroatoms. The normalized spacial score (nSPS) is 21.4. The number of methoxy groups -OCH3 is 2. The van der Waals surface area contributed by atoms with Gasteiger partial charge in [0.15, 0.2) is 11.5 Å². The first kappa shape index (κ1) is 32.3. The van der Waals surface area contributed by atoms with Crippen LogP contribution in [0, 0.1) is 11.8 Å². The number of benzene rings is 2. The molecule has 3 amide bonds. The third-order valence-electron chi connectivity index (χ3n) is 8.95. The van der Waals surface area contributed by atoms with Crippen molar-refractivity contribution >= 4 is 23.6 Å². The van der Waals surface area contributed by atoms with E-state index in [0.29, 0.717) is 43.9 Å². The second kappa shape index (κ2) is 13.9. The summed E-state index contributed by atoms with van der Waals surface area (Å²) in [4.78, 5) is 42.2. The fourth-order valence-corrected chi connectivity index (χ4v) is 6.74. The van der Waals surface area contributed by atoms with Crippen molar-refractivity contribution in [2.75, 3.05) is 27.3 Å². The van der Waals surface area contributed by atoms with E-state index < -0.39 is 17.7 Å². The van der Waals surface area contributed by atoms with E-state index in [1.165, 1.54) is 0 Å². The molecule has 0 bridgehead atoms. The SMILES string of the molecule is COc1ccc(C2=NN(C3CCN(C(=O)[C@@H](Cc4ccccc4)NC(=O)OC(C)(C)C)CC3)C(=O)[C@H]3CCCC[C@@H]23)cc1OC. The van der Waals surface area contributed by atoms with Crippen LogP contribution in [0.4, 0.5) is 4.79 Å². The topological polar surface area (TPSA) is 110 Å². The number of piperidine rings is 1. The van der Waals surface area contributed by atoms with E-state index in [0.717, 1.165) is 42.5 Å². The van der Waals surface area contributed by atoms with E-state index >= 15 is 0 Å². The molecule has 1 saturated heterocycles. The van der Waals surface area contributed by atoms with Crippen LogP contribution in [-0.2, 0) is 20.7 Å². The van der Waals surface area contributed by atoms with Crippen LogP contribution < -0.4 is 14.8 Å². The first-order valence-corrected chi connectivity index (χ1v) is 16.0. The largest absolute Gasteiger partial charge is 0.493 e. The molecule has 3 atom stereocenters. The number of nitrogens with zero attached hydrogens (tertiary/aromatic N) is 3. The lowest BCUT2D eigenvalue weighted by Crippen LogP contribution is -2.56. The van der Waals surface area contributed by atoms with E-state index in [-0.39, 0.29) is 29.7 Å². The highest BCUT2D eigenvalue weighted by Crippen LogP contribution is 2.40. The minimum absolute atomic E-state index is 0.0694. The van der Waals surface area contributed by atoms with Crippen LogP contribution in [0.15, 0.2) is 53.6 Å². The van der Waals surface area contributed by atoms with Crippen LogP contribution >= 0.6 is 0 Å². The number of likely N-dealkylation sites (tertiary alicyclic amines) is 1. The number of hydrazone groups is 1. The molecule has 1 saturated carbocycles. The van der Waals surface area contributed by atoms with Gasteiger partial charge in [0, 0.05) is 36.9 Å². The van der Waals surface area contributed by atoms with Gasteiger partial charge in [0.05, 0.1) is 26.0 Å². The average Bonchev–Trinajstić information content (AvgIpc) is 3.04. The quantitative estimate of drug-likeness (QED) is 0.437. The van der Waals surface area contributed by atoms with Gasteiger partial charge >= 0.3 is 6.09 Å². The number of amides is 3. The number of carbonyl (C=O) groups is 3. The second-order valence-electron chi connectivity index (χ2n) is 13.2. The molecular formula is C35H46N4O6. The second-order valence-corrected chi connectivity index (χ2v) is 13.2. The van der Waals surface area contributed by atoms with Crippen LogP contribution in [0.3, 0.4) is 0 Å². The Balaban J connectivity index is 1.33. The molecule has 45 heavy (non-hydrogen) atoms. The zero-order chi connectivity index (χ0) is 32.1. The molecule has 1 aliphatic carbocycles. The Hall–Kier alpha value is -4.08. The van der Waals surface area contributed by atoms with Gasteiger partial charge in [0.25, 0.3) is 0 Å². The standard InChI is InChI=1S/C35H46N4O6/c1-35(2,3)45-34(42)36-28(21-23-11-7-6-8-12-23)33(41)38-19-17-25(18-20-38)39-32(40)27-14-10-9-13-26(27)31(37-39)24-15-16-29(43-4)30(22-24)44-5/h6-8,11-12,15-16,22,25-28H,9-10,13-14,17-21H2,1-5H3,(H,36,42)/t26-,27+,28-/m1/s1. The van der Waals surface area contributed by atoms with Gasteiger partial charge in [-0.1, -0.05) is 43.2 Å². The van der Waals surface area contributed by atoms with Gasteiger partial charge in [-0.05, 0) is 70.2 Å². The summed E-state index contributed by atoms with van der Waals surface area (Å²) in [7, 11) is 3.23. The number of fused-ring (bicyclic) bond motifs is 1. The van der Waals surface area contributed by atoms with Gasteiger partial charge < -0.3 is 24.4 Å². The summed E-state index contributed by atoms with van der Waals surface area (Å²) in [6, 6.07) is 14.6. The van der Waals surface area contributed by atoms with Crippen LogP contribution in [0.5, 0.6) is 11.5 Å². The summed E-state index contributed by atoms with van der Waals surface area (Å²) in [6.45, 7) is 6.30. The number of alkyl carbamates (subject to hydrolysis) is 1. The fourth-order valence-electron chi connectivity index (χ4n) is 6.74. The van der Waals surface area contributed by atoms with E-state index in [1.807, 2.05) is 48.5 Å². The van der Waals surface area contributed by atoms with Gasteiger partial charge in [0.2, 0.25) is 11.8 Å². The summed E-state index contributed by atoms with van der Waals surface area (Å²) >= 11 is 0. The van der Waals surface area contributed by atoms with Crippen molar-refractivity contribution in [3.8, 4) is 11.5 Å². The van der Waals surface area contributed by atoms with E-state index in [1.54, 1.807) is 44.9 Å². The Kier molecular flexibility index (Phi) is 9.99. The number of rotatable bonds is 8. The molecule has 0 radical (unpaired) electrons. The highest BCUT2D eigenvalue weighted by atomic mass is 16.6. The zero-order valence-electron chi connectivity index (χ0n) is 27.1. The fraction of sp³-hybridized carbons (Fsp3) is 0.543. The third kappa shape index (κ3) is 7.60. The number of ether oxygens (including phenoxy) is 3. The summed E-state index contributed by atoms with van der Waals surface area (Å²) in [6.07, 6.45) is 4.81. The molecule has 0 spiro atoms. The van der Waals surface area contributed by atoms with Gasteiger partial charge in [-0.15, -0.1) is 0 Å². The van der Waals surface area contributed by atoms with Crippen LogP contribution in [0.1, 0.15) is 70.4 Å². The van der Waals surface area contributed by atoms with Crippen molar-refractivity contribution in [3.63, 3.8) is 0 Å². The maximum absolute atomic E-state index is 13.9. The number of carbonyl (C=O) groups excluding carboxylic acids is 3. The van der Waals surface area contributed by atoms with Gasteiger partial charge in [0.1, 0.15) is 11.6 Å². The predicted octanol–water partition coefficient (Wildman–Crippen LogP) is 5.18. The maximum Gasteiger partial charge on any atom is 0.408 e. The predicted molar refractivity (Wildman–Crippen MR) is 171 cm³/mol.